The molecule has 1 unspecified atom stereocenters. The summed E-state index contributed by atoms with van der Waals surface area (Å²) in [6.45, 7) is 1.50. The summed E-state index contributed by atoms with van der Waals surface area (Å²) in [7, 11) is 0. The zero-order valence-corrected chi connectivity index (χ0v) is 11.4. The number of nitrogens with zero attached hydrogens (tertiary/aromatic N) is 4. The van der Waals surface area contributed by atoms with Gasteiger partial charge >= 0.3 is 0 Å². The molecule has 1 aliphatic heterocycles. The maximum atomic E-state index is 12.7. The molecule has 3 rings (SSSR count). The van der Waals surface area contributed by atoms with Crippen molar-refractivity contribution in [1.82, 2.24) is 19.5 Å². The molecule has 1 amide bonds. The molecular weight excluding hydrogens is 254 g/mol. The standard InChI is InChI=1S/C14H19N5O/c15-5-1-3-11-4-2-7-18(11)14(20)12-9-17-19-8-6-16-10-13(12)19/h6,8-11H,1-5,7,15H2. The third-order valence-corrected chi connectivity index (χ3v) is 3.93. The van der Waals surface area contributed by atoms with E-state index in [4.69, 9.17) is 5.73 Å². The smallest absolute Gasteiger partial charge is 0.257 e. The fourth-order valence-electron chi connectivity index (χ4n) is 2.91. The maximum Gasteiger partial charge on any atom is 0.257 e. The van der Waals surface area contributed by atoms with E-state index in [2.05, 4.69) is 10.1 Å². The highest BCUT2D eigenvalue weighted by molar-refractivity contribution is 6.00. The molecule has 1 atom stereocenters. The summed E-state index contributed by atoms with van der Waals surface area (Å²) in [5.74, 6) is 0.0625. The van der Waals surface area contributed by atoms with Crippen molar-refractivity contribution < 1.29 is 4.79 Å². The van der Waals surface area contributed by atoms with E-state index in [0.717, 1.165) is 37.7 Å². The summed E-state index contributed by atoms with van der Waals surface area (Å²) in [5, 5.41) is 4.21. The van der Waals surface area contributed by atoms with E-state index in [1.807, 2.05) is 4.90 Å². The van der Waals surface area contributed by atoms with Crippen molar-refractivity contribution >= 4 is 11.4 Å². The van der Waals surface area contributed by atoms with Crippen molar-refractivity contribution in [2.45, 2.75) is 31.7 Å². The molecule has 6 nitrogen and oxygen atoms in total. The second kappa shape index (κ2) is 5.58. The molecule has 0 aliphatic carbocycles. The van der Waals surface area contributed by atoms with Gasteiger partial charge in [-0.1, -0.05) is 0 Å². The molecule has 106 valence electrons. The summed E-state index contributed by atoms with van der Waals surface area (Å²) < 4.78 is 1.69. The average molecular weight is 273 g/mol. The van der Waals surface area contributed by atoms with Crippen molar-refractivity contribution in [3.63, 3.8) is 0 Å². The molecule has 1 aliphatic rings. The minimum Gasteiger partial charge on any atom is -0.336 e. The highest BCUT2D eigenvalue weighted by Crippen LogP contribution is 2.24. The van der Waals surface area contributed by atoms with Crippen LogP contribution in [0.1, 0.15) is 36.0 Å². The zero-order valence-electron chi connectivity index (χ0n) is 11.4. The lowest BCUT2D eigenvalue weighted by molar-refractivity contribution is 0.0731. The van der Waals surface area contributed by atoms with Gasteiger partial charge in [-0.3, -0.25) is 9.78 Å². The molecule has 0 radical (unpaired) electrons. The van der Waals surface area contributed by atoms with Crippen LogP contribution in [0.25, 0.3) is 5.52 Å². The molecular formula is C14H19N5O. The first-order chi connectivity index (χ1) is 9.81. The number of likely N-dealkylation sites (tertiary alicyclic amines) is 1. The lowest BCUT2D eigenvalue weighted by Crippen LogP contribution is -2.35. The fourth-order valence-corrected chi connectivity index (χ4v) is 2.91. The Morgan fingerprint density at radius 3 is 3.20 bits per heavy atom. The monoisotopic (exact) mass is 273 g/mol. The number of carbonyl (C=O) groups is 1. The van der Waals surface area contributed by atoms with Crippen LogP contribution >= 0.6 is 0 Å². The number of carbonyl (C=O) groups excluding carboxylic acids is 1. The second-order valence-corrected chi connectivity index (χ2v) is 5.19. The van der Waals surface area contributed by atoms with Gasteiger partial charge in [0.25, 0.3) is 5.91 Å². The van der Waals surface area contributed by atoms with Crippen LogP contribution in [0.4, 0.5) is 0 Å². The van der Waals surface area contributed by atoms with Gasteiger partial charge in [-0.15, -0.1) is 0 Å². The van der Waals surface area contributed by atoms with Crippen LogP contribution in [-0.4, -0.2) is 44.5 Å². The van der Waals surface area contributed by atoms with Gasteiger partial charge in [0, 0.05) is 25.0 Å². The molecule has 2 aromatic rings. The van der Waals surface area contributed by atoms with Gasteiger partial charge in [0.15, 0.2) is 0 Å². The molecule has 6 heteroatoms. The molecule has 1 fully saturated rings. The quantitative estimate of drug-likeness (QED) is 0.904. The summed E-state index contributed by atoms with van der Waals surface area (Å²) in [4.78, 5) is 18.8. The fraction of sp³-hybridized carbons (Fsp3) is 0.500. The molecule has 0 spiro atoms. The number of hydrogen-bond donors (Lipinski definition) is 1. The Morgan fingerprint density at radius 1 is 1.45 bits per heavy atom. The van der Waals surface area contributed by atoms with E-state index in [0.29, 0.717) is 18.2 Å². The third-order valence-electron chi connectivity index (χ3n) is 3.93. The molecule has 0 bridgehead atoms. The maximum absolute atomic E-state index is 12.7. The molecule has 0 aromatic carbocycles. The summed E-state index contributed by atoms with van der Waals surface area (Å²) >= 11 is 0. The van der Waals surface area contributed by atoms with Crippen molar-refractivity contribution in [3.05, 3.63) is 30.4 Å². The van der Waals surface area contributed by atoms with Crippen LogP contribution < -0.4 is 5.73 Å². The van der Waals surface area contributed by atoms with Gasteiger partial charge in [-0.25, -0.2) is 4.52 Å². The normalized spacial score (nSPS) is 18.9. The first-order valence-corrected chi connectivity index (χ1v) is 7.09. The molecule has 1 saturated heterocycles. The van der Waals surface area contributed by atoms with Gasteiger partial charge < -0.3 is 10.6 Å². The van der Waals surface area contributed by atoms with E-state index >= 15 is 0 Å². The molecule has 3 heterocycles. The number of nitrogens with two attached hydrogens (primary N) is 1. The summed E-state index contributed by atoms with van der Waals surface area (Å²) in [6, 6.07) is 0.317. The highest BCUT2D eigenvalue weighted by atomic mass is 16.2. The molecule has 2 aromatic heterocycles. The van der Waals surface area contributed by atoms with Crippen molar-refractivity contribution in [2.24, 2.45) is 5.73 Å². The Labute approximate surface area is 117 Å². The van der Waals surface area contributed by atoms with Crippen LogP contribution in [0.2, 0.25) is 0 Å². The van der Waals surface area contributed by atoms with Crippen LogP contribution in [-0.2, 0) is 0 Å². The predicted molar refractivity (Wildman–Crippen MR) is 75.3 cm³/mol. The van der Waals surface area contributed by atoms with E-state index in [-0.39, 0.29) is 5.91 Å². The first kappa shape index (κ1) is 13.1. The zero-order chi connectivity index (χ0) is 13.9. The van der Waals surface area contributed by atoms with Crippen LogP contribution in [0.3, 0.4) is 0 Å². The Kier molecular flexibility index (Phi) is 3.64. The van der Waals surface area contributed by atoms with E-state index < -0.39 is 0 Å². The lowest BCUT2D eigenvalue weighted by atomic mass is 10.1. The highest BCUT2D eigenvalue weighted by Gasteiger charge is 2.30. The van der Waals surface area contributed by atoms with E-state index in [1.54, 1.807) is 29.3 Å². The van der Waals surface area contributed by atoms with Gasteiger partial charge in [-0.05, 0) is 32.2 Å². The van der Waals surface area contributed by atoms with Gasteiger partial charge in [0.1, 0.15) is 0 Å². The lowest BCUT2D eigenvalue weighted by Gasteiger charge is -2.24. The van der Waals surface area contributed by atoms with Crippen LogP contribution in [0.15, 0.2) is 24.8 Å². The SMILES string of the molecule is NCCCC1CCCN1C(=O)c1cnn2ccncc12. The van der Waals surface area contributed by atoms with Gasteiger partial charge in [0.2, 0.25) is 0 Å². The predicted octanol–water partition coefficient (Wildman–Crippen LogP) is 1.07. The largest absolute Gasteiger partial charge is 0.336 e. The summed E-state index contributed by atoms with van der Waals surface area (Å²) in [5.41, 5.74) is 6.97. The Morgan fingerprint density at radius 2 is 2.35 bits per heavy atom. The second-order valence-electron chi connectivity index (χ2n) is 5.19. The third kappa shape index (κ3) is 2.27. The van der Waals surface area contributed by atoms with Gasteiger partial charge in [-0.2, -0.15) is 5.10 Å². The van der Waals surface area contributed by atoms with Crippen molar-refractivity contribution in [3.8, 4) is 0 Å². The summed E-state index contributed by atoms with van der Waals surface area (Å²) in [6.07, 6.45) is 10.8. The van der Waals surface area contributed by atoms with Crippen molar-refractivity contribution in [2.75, 3.05) is 13.1 Å². The molecule has 2 N–H and O–H groups in total. The van der Waals surface area contributed by atoms with Gasteiger partial charge in [0.05, 0.1) is 23.5 Å². The topological polar surface area (TPSA) is 76.5 Å². The molecule has 20 heavy (non-hydrogen) atoms. The Balaban J connectivity index is 1.84. The number of fused-ring (bicyclic) bond motifs is 1. The van der Waals surface area contributed by atoms with E-state index in [1.165, 1.54) is 0 Å². The Bertz CT molecular complexity index is 608. The number of amides is 1. The van der Waals surface area contributed by atoms with Crippen LogP contribution in [0, 0.1) is 0 Å². The minimum atomic E-state index is 0.0625. The Hall–Kier alpha value is -1.95. The number of hydrogen-bond acceptors (Lipinski definition) is 4. The minimum absolute atomic E-state index is 0.0625. The first-order valence-electron chi connectivity index (χ1n) is 7.09. The van der Waals surface area contributed by atoms with E-state index in [9.17, 15) is 4.79 Å². The number of rotatable bonds is 4. The average Bonchev–Trinajstić information content (AvgIpc) is 3.11. The van der Waals surface area contributed by atoms with Crippen LogP contribution in [0.5, 0.6) is 0 Å². The molecule has 0 saturated carbocycles. The van der Waals surface area contributed by atoms with Crippen molar-refractivity contribution in [1.29, 1.82) is 0 Å². The number of aromatic nitrogens is 3.